The molecule has 0 saturated carbocycles. The molecule has 112 valence electrons. The van der Waals surface area contributed by atoms with Gasteiger partial charge in [-0.3, -0.25) is 0 Å². The lowest BCUT2D eigenvalue weighted by Crippen LogP contribution is -2.18. The van der Waals surface area contributed by atoms with E-state index in [1.807, 2.05) is 31.3 Å². The van der Waals surface area contributed by atoms with Crippen LogP contribution in [0.2, 0.25) is 0 Å². The van der Waals surface area contributed by atoms with Crippen LogP contribution in [0.3, 0.4) is 0 Å². The Labute approximate surface area is 125 Å². The van der Waals surface area contributed by atoms with Gasteiger partial charge in [-0.1, -0.05) is 12.1 Å². The van der Waals surface area contributed by atoms with Gasteiger partial charge in [0.1, 0.15) is 5.75 Å². The molecule has 0 radical (unpaired) electrons. The van der Waals surface area contributed by atoms with E-state index < -0.39 is 0 Å². The Bertz CT molecular complexity index is 540. The van der Waals surface area contributed by atoms with Gasteiger partial charge in [-0.15, -0.1) is 5.10 Å². The number of nitrogens with one attached hydrogen (secondary N) is 1. The molecule has 0 aliphatic rings. The van der Waals surface area contributed by atoms with E-state index in [0.717, 1.165) is 24.3 Å². The molecular weight excluding hydrogens is 266 g/mol. The standard InChI is InChI=1S/C16H21N3O2/c1-17-14(15-10-11-16(21-3)19-18-15)9-6-12-4-7-13(20-2)8-5-12/h4-5,7-8,10-11,14,17H,6,9H2,1-3H3. The topological polar surface area (TPSA) is 56.3 Å². The number of ether oxygens (including phenoxy) is 2. The molecule has 0 bridgehead atoms. The normalized spacial score (nSPS) is 12.0. The minimum Gasteiger partial charge on any atom is -0.497 e. The average Bonchev–Trinajstić information content (AvgIpc) is 2.56. The number of aromatic nitrogens is 2. The highest BCUT2D eigenvalue weighted by atomic mass is 16.5. The van der Waals surface area contributed by atoms with Gasteiger partial charge in [0.25, 0.3) is 0 Å². The number of hydrogen-bond acceptors (Lipinski definition) is 5. The lowest BCUT2D eigenvalue weighted by atomic mass is 10.0. The van der Waals surface area contributed by atoms with Gasteiger partial charge in [0.15, 0.2) is 0 Å². The highest BCUT2D eigenvalue weighted by molar-refractivity contribution is 5.27. The summed E-state index contributed by atoms with van der Waals surface area (Å²) in [6, 6.07) is 12.1. The second-order valence-corrected chi connectivity index (χ2v) is 4.73. The van der Waals surface area contributed by atoms with Crippen molar-refractivity contribution in [2.45, 2.75) is 18.9 Å². The molecule has 1 atom stereocenters. The maximum atomic E-state index is 5.16. The first-order valence-electron chi connectivity index (χ1n) is 6.94. The van der Waals surface area contributed by atoms with Crippen molar-refractivity contribution in [2.24, 2.45) is 0 Å². The smallest absolute Gasteiger partial charge is 0.233 e. The van der Waals surface area contributed by atoms with Crippen LogP contribution in [0.1, 0.15) is 23.7 Å². The van der Waals surface area contributed by atoms with Crippen LogP contribution in [0.4, 0.5) is 0 Å². The number of methoxy groups -OCH3 is 2. The Balaban J connectivity index is 1.97. The zero-order chi connectivity index (χ0) is 15.1. The molecule has 2 rings (SSSR count). The molecule has 1 unspecified atom stereocenters. The van der Waals surface area contributed by atoms with Crippen molar-refractivity contribution in [3.05, 3.63) is 47.7 Å². The van der Waals surface area contributed by atoms with Crippen molar-refractivity contribution in [3.63, 3.8) is 0 Å². The molecule has 1 heterocycles. The largest absolute Gasteiger partial charge is 0.497 e. The lowest BCUT2D eigenvalue weighted by Gasteiger charge is -2.15. The number of rotatable bonds is 7. The highest BCUT2D eigenvalue weighted by Gasteiger charge is 2.11. The third-order valence-corrected chi connectivity index (χ3v) is 3.46. The summed E-state index contributed by atoms with van der Waals surface area (Å²) in [6.45, 7) is 0. The van der Waals surface area contributed by atoms with Crippen LogP contribution in [0.15, 0.2) is 36.4 Å². The van der Waals surface area contributed by atoms with Gasteiger partial charge in [0, 0.05) is 6.07 Å². The van der Waals surface area contributed by atoms with E-state index in [1.54, 1.807) is 14.2 Å². The van der Waals surface area contributed by atoms with E-state index in [2.05, 4.69) is 27.6 Å². The fourth-order valence-electron chi connectivity index (χ4n) is 2.17. The van der Waals surface area contributed by atoms with Crippen molar-refractivity contribution in [1.29, 1.82) is 0 Å². The highest BCUT2D eigenvalue weighted by Crippen LogP contribution is 2.19. The first-order valence-corrected chi connectivity index (χ1v) is 6.94. The molecule has 0 aliphatic carbocycles. The van der Waals surface area contributed by atoms with E-state index >= 15 is 0 Å². The van der Waals surface area contributed by atoms with Crippen molar-refractivity contribution < 1.29 is 9.47 Å². The summed E-state index contributed by atoms with van der Waals surface area (Å²) in [5.41, 5.74) is 2.20. The summed E-state index contributed by atoms with van der Waals surface area (Å²) in [4.78, 5) is 0. The van der Waals surface area contributed by atoms with E-state index in [-0.39, 0.29) is 6.04 Å². The summed E-state index contributed by atoms with van der Waals surface area (Å²) < 4.78 is 10.2. The fraction of sp³-hybridized carbons (Fsp3) is 0.375. The van der Waals surface area contributed by atoms with Gasteiger partial charge in [-0.25, -0.2) is 0 Å². The Hall–Kier alpha value is -2.14. The number of benzene rings is 1. The van der Waals surface area contributed by atoms with Crippen molar-refractivity contribution >= 4 is 0 Å². The summed E-state index contributed by atoms with van der Waals surface area (Å²) in [5, 5.41) is 11.5. The van der Waals surface area contributed by atoms with Crippen LogP contribution in [-0.4, -0.2) is 31.5 Å². The Kier molecular flexibility index (Phi) is 5.51. The van der Waals surface area contributed by atoms with Crippen LogP contribution < -0.4 is 14.8 Å². The minimum atomic E-state index is 0.172. The second-order valence-electron chi connectivity index (χ2n) is 4.73. The Morgan fingerprint density at radius 2 is 1.76 bits per heavy atom. The zero-order valence-corrected chi connectivity index (χ0v) is 12.7. The maximum absolute atomic E-state index is 5.16. The van der Waals surface area contributed by atoms with E-state index in [1.165, 1.54) is 5.56 Å². The van der Waals surface area contributed by atoms with Crippen molar-refractivity contribution in [2.75, 3.05) is 21.3 Å². The number of aryl methyl sites for hydroxylation is 1. The van der Waals surface area contributed by atoms with E-state index in [0.29, 0.717) is 5.88 Å². The monoisotopic (exact) mass is 287 g/mol. The first-order chi connectivity index (χ1) is 10.3. The molecule has 1 aromatic carbocycles. The molecular formula is C16H21N3O2. The fourth-order valence-corrected chi connectivity index (χ4v) is 2.17. The SMILES string of the molecule is CNC(CCc1ccc(OC)cc1)c1ccc(OC)nn1. The van der Waals surface area contributed by atoms with Gasteiger partial charge in [0.05, 0.1) is 26.0 Å². The predicted octanol–water partition coefficient (Wildman–Crippen LogP) is 2.39. The molecule has 0 fully saturated rings. The number of hydrogen-bond donors (Lipinski definition) is 1. The maximum Gasteiger partial charge on any atom is 0.233 e. The van der Waals surface area contributed by atoms with E-state index in [9.17, 15) is 0 Å². The average molecular weight is 287 g/mol. The summed E-state index contributed by atoms with van der Waals surface area (Å²) in [5.74, 6) is 1.41. The van der Waals surface area contributed by atoms with Crippen molar-refractivity contribution in [1.82, 2.24) is 15.5 Å². The van der Waals surface area contributed by atoms with Gasteiger partial charge >= 0.3 is 0 Å². The quantitative estimate of drug-likeness (QED) is 0.847. The molecule has 0 saturated heterocycles. The van der Waals surface area contributed by atoms with Gasteiger partial charge < -0.3 is 14.8 Å². The summed E-state index contributed by atoms with van der Waals surface area (Å²) in [6.07, 6.45) is 1.91. The predicted molar refractivity (Wildman–Crippen MR) is 81.7 cm³/mol. The molecule has 2 aromatic rings. The molecule has 1 aromatic heterocycles. The minimum absolute atomic E-state index is 0.172. The molecule has 0 aliphatic heterocycles. The molecule has 5 heteroatoms. The van der Waals surface area contributed by atoms with Crippen molar-refractivity contribution in [3.8, 4) is 11.6 Å². The summed E-state index contributed by atoms with van der Waals surface area (Å²) >= 11 is 0. The van der Waals surface area contributed by atoms with Gasteiger partial charge in [0.2, 0.25) is 5.88 Å². The number of nitrogens with zero attached hydrogens (tertiary/aromatic N) is 2. The third-order valence-electron chi connectivity index (χ3n) is 3.46. The van der Waals surface area contributed by atoms with Crippen LogP contribution in [0, 0.1) is 0 Å². The second kappa shape index (κ2) is 7.59. The van der Waals surface area contributed by atoms with Crippen LogP contribution in [-0.2, 0) is 6.42 Å². The van der Waals surface area contributed by atoms with Crippen LogP contribution in [0.25, 0.3) is 0 Å². The Morgan fingerprint density at radius 3 is 2.29 bits per heavy atom. The van der Waals surface area contributed by atoms with E-state index in [4.69, 9.17) is 9.47 Å². The lowest BCUT2D eigenvalue weighted by molar-refractivity contribution is 0.389. The van der Waals surface area contributed by atoms with Crippen LogP contribution in [0.5, 0.6) is 11.6 Å². The molecule has 5 nitrogen and oxygen atoms in total. The molecule has 21 heavy (non-hydrogen) atoms. The third kappa shape index (κ3) is 4.16. The van der Waals surface area contributed by atoms with Crippen LogP contribution >= 0.6 is 0 Å². The summed E-state index contributed by atoms with van der Waals surface area (Å²) in [7, 11) is 5.20. The van der Waals surface area contributed by atoms with Gasteiger partial charge in [-0.05, 0) is 43.7 Å². The molecule has 1 N–H and O–H groups in total. The first kappa shape index (κ1) is 15.3. The molecule has 0 spiro atoms. The molecule has 0 amide bonds. The zero-order valence-electron chi connectivity index (χ0n) is 12.7. The Morgan fingerprint density at radius 1 is 1.00 bits per heavy atom. The van der Waals surface area contributed by atoms with Gasteiger partial charge in [-0.2, -0.15) is 5.10 Å².